The van der Waals surface area contributed by atoms with Crippen LogP contribution >= 0.6 is 11.8 Å². The van der Waals surface area contributed by atoms with E-state index in [1.54, 1.807) is 18.5 Å². The topological polar surface area (TPSA) is 104 Å². The third kappa shape index (κ3) is 4.11. The van der Waals surface area contributed by atoms with Gasteiger partial charge in [0.2, 0.25) is 5.91 Å². The van der Waals surface area contributed by atoms with Crippen LogP contribution in [-0.4, -0.2) is 55.7 Å². The Hall–Kier alpha value is -3.38. The van der Waals surface area contributed by atoms with E-state index < -0.39 is 6.04 Å². The van der Waals surface area contributed by atoms with E-state index in [1.807, 2.05) is 28.9 Å². The SMILES string of the molecule is CC(C)n1nccc1-c1ccc2nccc(C(=O)NCC(=O)N3CSCC3C#N)c2c1. The first-order chi connectivity index (χ1) is 15.0. The summed E-state index contributed by atoms with van der Waals surface area (Å²) in [6.45, 7) is 3.97. The normalized spacial score (nSPS) is 15.9. The van der Waals surface area contributed by atoms with E-state index in [0.717, 1.165) is 11.3 Å². The van der Waals surface area contributed by atoms with E-state index in [2.05, 4.69) is 35.3 Å². The number of hydrogen-bond donors (Lipinski definition) is 1. The summed E-state index contributed by atoms with van der Waals surface area (Å²) in [6.07, 6.45) is 3.34. The standard InChI is InChI=1S/C22H22N6O2S/c1-14(2)28-20(6-8-26-28)15-3-4-19-18(9-15)17(5-7-24-19)22(30)25-11-21(29)27-13-31-12-16(27)10-23/h3-9,14,16H,11-13H2,1-2H3,(H,25,30). The summed E-state index contributed by atoms with van der Waals surface area (Å²) in [5.74, 6) is 0.458. The lowest BCUT2D eigenvalue weighted by Crippen LogP contribution is -2.42. The number of benzene rings is 1. The van der Waals surface area contributed by atoms with Gasteiger partial charge in [-0.2, -0.15) is 10.4 Å². The fourth-order valence-corrected chi connectivity index (χ4v) is 4.71. The van der Waals surface area contributed by atoms with Crippen molar-refractivity contribution in [1.82, 2.24) is 25.0 Å². The van der Waals surface area contributed by atoms with E-state index in [4.69, 9.17) is 5.26 Å². The first-order valence-corrected chi connectivity index (χ1v) is 11.1. The number of thioether (sulfide) groups is 1. The van der Waals surface area contributed by atoms with Gasteiger partial charge in [-0.25, -0.2) is 0 Å². The maximum absolute atomic E-state index is 12.9. The lowest BCUT2D eigenvalue weighted by Gasteiger charge is -2.18. The number of nitrogens with one attached hydrogen (secondary N) is 1. The zero-order chi connectivity index (χ0) is 22.0. The van der Waals surface area contributed by atoms with Gasteiger partial charge in [0, 0.05) is 35.1 Å². The van der Waals surface area contributed by atoms with E-state index in [-0.39, 0.29) is 24.4 Å². The molecule has 1 fully saturated rings. The highest BCUT2D eigenvalue weighted by Gasteiger charge is 2.29. The van der Waals surface area contributed by atoms with Crippen LogP contribution in [-0.2, 0) is 4.79 Å². The third-order valence-corrected chi connectivity index (χ3v) is 6.21. The van der Waals surface area contributed by atoms with Crippen LogP contribution in [0.2, 0.25) is 0 Å². The Labute approximate surface area is 184 Å². The van der Waals surface area contributed by atoms with E-state index >= 15 is 0 Å². The van der Waals surface area contributed by atoms with Gasteiger partial charge in [-0.05, 0) is 38.1 Å². The first kappa shape index (κ1) is 20.9. The van der Waals surface area contributed by atoms with Crippen molar-refractivity contribution in [2.45, 2.75) is 25.9 Å². The van der Waals surface area contributed by atoms with Crippen LogP contribution in [0.15, 0.2) is 42.7 Å². The van der Waals surface area contributed by atoms with Crippen LogP contribution in [0, 0.1) is 11.3 Å². The highest BCUT2D eigenvalue weighted by Crippen LogP contribution is 2.27. The number of aromatic nitrogens is 3. The summed E-state index contributed by atoms with van der Waals surface area (Å²) < 4.78 is 1.93. The van der Waals surface area contributed by atoms with Gasteiger partial charge in [0.05, 0.1) is 35.3 Å². The molecule has 3 heterocycles. The van der Waals surface area contributed by atoms with Crippen molar-refractivity contribution < 1.29 is 9.59 Å². The molecular weight excluding hydrogens is 412 g/mol. The molecule has 0 radical (unpaired) electrons. The summed E-state index contributed by atoms with van der Waals surface area (Å²) in [6, 6.07) is 11.2. The second-order valence-electron chi connectivity index (χ2n) is 7.54. The molecule has 0 spiro atoms. The molecule has 2 aromatic heterocycles. The number of nitrogens with zero attached hydrogens (tertiary/aromatic N) is 5. The number of carbonyl (C=O) groups excluding carboxylic acids is 2. The summed E-state index contributed by atoms with van der Waals surface area (Å²) in [5.41, 5.74) is 3.03. The quantitative estimate of drug-likeness (QED) is 0.662. The van der Waals surface area contributed by atoms with Crippen LogP contribution in [0.3, 0.4) is 0 Å². The van der Waals surface area contributed by atoms with Gasteiger partial charge in [0.15, 0.2) is 0 Å². The maximum Gasteiger partial charge on any atom is 0.252 e. The number of rotatable bonds is 5. The number of carbonyl (C=O) groups is 2. The van der Waals surface area contributed by atoms with Gasteiger partial charge in [-0.15, -0.1) is 11.8 Å². The fraction of sp³-hybridized carbons (Fsp3) is 0.318. The summed E-state index contributed by atoms with van der Waals surface area (Å²) >= 11 is 1.53. The fourth-order valence-electron chi connectivity index (χ4n) is 3.61. The molecule has 4 rings (SSSR count). The highest BCUT2D eigenvalue weighted by molar-refractivity contribution is 7.99. The predicted molar refractivity (Wildman–Crippen MR) is 119 cm³/mol. The smallest absolute Gasteiger partial charge is 0.252 e. The molecule has 0 aliphatic carbocycles. The van der Waals surface area contributed by atoms with E-state index in [9.17, 15) is 9.59 Å². The van der Waals surface area contributed by atoms with Crippen molar-refractivity contribution in [1.29, 1.82) is 5.26 Å². The molecule has 1 aliphatic rings. The molecule has 0 saturated carbocycles. The molecule has 2 amide bonds. The molecular formula is C22H22N6O2S. The predicted octanol–water partition coefficient (Wildman–Crippen LogP) is 2.83. The summed E-state index contributed by atoms with van der Waals surface area (Å²) in [4.78, 5) is 31.2. The monoisotopic (exact) mass is 434 g/mol. The van der Waals surface area contributed by atoms with Gasteiger partial charge in [0.1, 0.15) is 6.04 Å². The lowest BCUT2D eigenvalue weighted by molar-refractivity contribution is -0.129. The molecule has 1 aromatic carbocycles. The Morgan fingerprint density at radius 2 is 2.13 bits per heavy atom. The summed E-state index contributed by atoms with van der Waals surface area (Å²) in [7, 11) is 0. The molecule has 3 aromatic rings. The number of hydrogen-bond acceptors (Lipinski definition) is 6. The summed E-state index contributed by atoms with van der Waals surface area (Å²) in [5, 5.41) is 16.9. The van der Waals surface area contributed by atoms with Crippen LogP contribution < -0.4 is 5.32 Å². The van der Waals surface area contributed by atoms with Crippen molar-refractivity contribution in [2.75, 3.05) is 18.2 Å². The van der Waals surface area contributed by atoms with Gasteiger partial charge >= 0.3 is 0 Å². The first-order valence-electron chi connectivity index (χ1n) is 9.97. The average Bonchev–Trinajstić information content (AvgIpc) is 3.46. The Morgan fingerprint density at radius 1 is 1.29 bits per heavy atom. The molecule has 1 N–H and O–H groups in total. The van der Waals surface area contributed by atoms with Crippen molar-refractivity contribution in [3.63, 3.8) is 0 Å². The number of nitriles is 1. The van der Waals surface area contributed by atoms with Crippen molar-refractivity contribution >= 4 is 34.5 Å². The minimum absolute atomic E-state index is 0.152. The van der Waals surface area contributed by atoms with Crippen molar-refractivity contribution in [3.05, 3.63) is 48.3 Å². The molecule has 0 bridgehead atoms. The van der Waals surface area contributed by atoms with Crippen LogP contribution in [0.1, 0.15) is 30.2 Å². The minimum Gasteiger partial charge on any atom is -0.343 e. The zero-order valence-electron chi connectivity index (χ0n) is 17.3. The lowest BCUT2D eigenvalue weighted by atomic mass is 10.0. The molecule has 31 heavy (non-hydrogen) atoms. The number of fused-ring (bicyclic) bond motifs is 1. The van der Waals surface area contributed by atoms with Crippen LogP contribution in [0.4, 0.5) is 0 Å². The number of amides is 2. The van der Waals surface area contributed by atoms with Crippen molar-refractivity contribution in [2.24, 2.45) is 0 Å². The molecule has 8 nitrogen and oxygen atoms in total. The number of pyridine rings is 1. The molecule has 158 valence electrons. The second kappa shape index (κ2) is 8.78. The minimum atomic E-state index is -0.440. The average molecular weight is 435 g/mol. The van der Waals surface area contributed by atoms with Crippen molar-refractivity contribution in [3.8, 4) is 17.3 Å². The van der Waals surface area contributed by atoms with E-state index in [1.165, 1.54) is 16.7 Å². The third-order valence-electron chi connectivity index (χ3n) is 5.19. The van der Waals surface area contributed by atoms with Gasteiger partial charge < -0.3 is 10.2 Å². The van der Waals surface area contributed by atoms with E-state index in [0.29, 0.717) is 28.1 Å². The Balaban J connectivity index is 1.58. The Morgan fingerprint density at radius 3 is 2.90 bits per heavy atom. The van der Waals surface area contributed by atoms with Gasteiger partial charge in [-0.1, -0.05) is 6.07 Å². The second-order valence-corrected chi connectivity index (χ2v) is 8.54. The zero-order valence-corrected chi connectivity index (χ0v) is 18.1. The molecule has 1 unspecified atom stereocenters. The Bertz CT molecular complexity index is 1180. The van der Waals surface area contributed by atoms with Crippen LogP contribution in [0.5, 0.6) is 0 Å². The Kier molecular flexibility index (Phi) is 5.91. The maximum atomic E-state index is 12.9. The molecule has 1 aliphatic heterocycles. The molecule has 1 atom stereocenters. The van der Waals surface area contributed by atoms with Gasteiger partial charge in [0.25, 0.3) is 5.91 Å². The largest absolute Gasteiger partial charge is 0.343 e. The molecule has 9 heteroatoms. The van der Waals surface area contributed by atoms with Gasteiger partial charge in [-0.3, -0.25) is 19.3 Å². The highest BCUT2D eigenvalue weighted by atomic mass is 32.2. The van der Waals surface area contributed by atoms with Crippen LogP contribution in [0.25, 0.3) is 22.2 Å². The molecule has 1 saturated heterocycles.